The third kappa shape index (κ3) is 3.27. The number of nitrogen functional groups attached to an aromatic ring is 1. The summed E-state index contributed by atoms with van der Waals surface area (Å²) in [5, 5.41) is 0. The number of hydrazine groups is 1. The fraction of sp³-hybridized carbons (Fsp3) is 0.444. The topological polar surface area (TPSA) is 110 Å². The average molecular weight is 303 g/mol. The van der Waals surface area contributed by atoms with E-state index in [2.05, 4.69) is 31.3 Å². The molecule has 7 nitrogen and oxygen atoms in total. The lowest BCUT2D eigenvalue weighted by molar-refractivity contribution is -0.116. The number of aromatic nitrogens is 2. The Bertz CT molecular complexity index is 410. The molecule has 1 amide bonds. The Balaban J connectivity index is 3.14. The van der Waals surface area contributed by atoms with Gasteiger partial charge in [0.2, 0.25) is 5.91 Å². The Labute approximate surface area is 108 Å². The number of rotatable bonds is 5. The van der Waals surface area contributed by atoms with Crippen molar-refractivity contribution in [3.05, 3.63) is 10.8 Å². The molecule has 1 aromatic rings. The molecule has 0 radical (unpaired) electrons. The summed E-state index contributed by atoms with van der Waals surface area (Å²) in [4.78, 5) is 20.9. The van der Waals surface area contributed by atoms with Gasteiger partial charge in [-0.15, -0.1) is 0 Å². The summed E-state index contributed by atoms with van der Waals surface area (Å²) < 4.78 is 0.595. The molecule has 0 fully saturated rings. The highest BCUT2D eigenvalue weighted by Gasteiger charge is 2.19. The fourth-order valence-corrected chi connectivity index (χ4v) is 1.88. The van der Waals surface area contributed by atoms with Crippen LogP contribution < -0.4 is 21.9 Å². The van der Waals surface area contributed by atoms with Gasteiger partial charge in [-0.1, -0.05) is 0 Å². The molecular weight excluding hydrogens is 288 g/mol. The fourth-order valence-electron chi connectivity index (χ4n) is 1.33. The Morgan fingerprint density at radius 1 is 1.59 bits per heavy atom. The van der Waals surface area contributed by atoms with Gasteiger partial charge in [-0.05, 0) is 29.8 Å². The molecule has 0 aliphatic rings. The van der Waals surface area contributed by atoms with E-state index in [1.807, 2.05) is 13.8 Å². The van der Waals surface area contributed by atoms with Crippen LogP contribution in [0.25, 0.3) is 0 Å². The zero-order valence-electron chi connectivity index (χ0n) is 9.64. The third-order valence-electron chi connectivity index (χ3n) is 2.13. The van der Waals surface area contributed by atoms with Gasteiger partial charge in [-0.2, -0.15) is 0 Å². The summed E-state index contributed by atoms with van der Waals surface area (Å²) >= 11 is 3.34. The van der Waals surface area contributed by atoms with Crippen molar-refractivity contribution in [1.29, 1.82) is 0 Å². The summed E-state index contributed by atoms with van der Waals surface area (Å²) in [5.74, 6) is 5.91. The van der Waals surface area contributed by atoms with Gasteiger partial charge in [0.05, 0.1) is 6.54 Å². The molecule has 0 unspecified atom stereocenters. The quantitative estimate of drug-likeness (QED) is 0.530. The number of nitrogens with one attached hydrogen (secondary N) is 1. The predicted molar refractivity (Wildman–Crippen MR) is 69.2 cm³/mol. The summed E-state index contributed by atoms with van der Waals surface area (Å²) in [6.45, 7) is 3.96. The Morgan fingerprint density at radius 2 is 2.24 bits per heavy atom. The van der Waals surface area contributed by atoms with Crippen LogP contribution in [0.3, 0.4) is 0 Å². The molecule has 0 saturated carbocycles. The first-order valence-corrected chi connectivity index (χ1v) is 5.78. The second-order valence-electron chi connectivity index (χ2n) is 3.69. The Kier molecular flexibility index (Phi) is 4.64. The SMILES string of the molecule is CC(C)N(CC(N)=O)c1ncnc(NN)c1Br. The van der Waals surface area contributed by atoms with Crippen LogP contribution >= 0.6 is 15.9 Å². The van der Waals surface area contributed by atoms with Crippen LogP contribution in [0.4, 0.5) is 11.6 Å². The monoisotopic (exact) mass is 302 g/mol. The number of amides is 1. The van der Waals surface area contributed by atoms with Crippen LogP contribution in [0.1, 0.15) is 13.8 Å². The van der Waals surface area contributed by atoms with E-state index in [1.165, 1.54) is 6.33 Å². The van der Waals surface area contributed by atoms with Gasteiger partial charge in [0.15, 0.2) is 5.82 Å². The van der Waals surface area contributed by atoms with Gasteiger partial charge in [0, 0.05) is 6.04 Å². The summed E-state index contributed by atoms with van der Waals surface area (Å²) in [7, 11) is 0. The number of nitrogens with zero attached hydrogens (tertiary/aromatic N) is 3. The number of halogens is 1. The van der Waals surface area contributed by atoms with E-state index in [0.717, 1.165) is 0 Å². The third-order valence-corrected chi connectivity index (χ3v) is 2.86. The Morgan fingerprint density at radius 3 is 2.71 bits per heavy atom. The molecular formula is C9H15BrN6O. The summed E-state index contributed by atoms with van der Waals surface area (Å²) in [5.41, 5.74) is 7.65. The first-order chi connectivity index (χ1) is 7.97. The largest absolute Gasteiger partial charge is 0.368 e. The molecule has 0 aliphatic heterocycles. The van der Waals surface area contributed by atoms with Crippen molar-refractivity contribution in [2.75, 3.05) is 16.9 Å². The molecule has 0 atom stereocenters. The van der Waals surface area contributed by atoms with Crippen LogP contribution in [0.5, 0.6) is 0 Å². The maximum Gasteiger partial charge on any atom is 0.237 e. The lowest BCUT2D eigenvalue weighted by Gasteiger charge is -2.27. The highest BCUT2D eigenvalue weighted by atomic mass is 79.9. The van der Waals surface area contributed by atoms with Crippen molar-refractivity contribution in [3.63, 3.8) is 0 Å². The first kappa shape index (κ1) is 13.7. The molecule has 0 aliphatic carbocycles. The lowest BCUT2D eigenvalue weighted by Crippen LogP contribution is -2.39. The van der Waals surface area contributed by atoms with Crippen LogP contribution in [0.15, 0.2) is 10.8 Å². The second kappa shape index (κ2) is 5.78. The molecule has 1 aromatic heterocycles. The van der Waals surface area contributed by atoms with Gasteiger partial charge in [0.25, 0.3) is 0 Å². The van der Waals surface area contributed by atoms with E-state index >= 15 is 0 Å². The number of anilines is 2. The molecule has 0 saturated heterocycles. The van der Waals surface area contributed by atoms with Crippen LogP contribution in [-0.2, 0) is 4.79 Å². The number of carbonyl (C=O) groups is 1. The second-order valence-corrected chi connectivity index (χ2v) is 4.49. The van der Waals surface area contributed by atoms with E-state index in [-0.39, 0.29) is 12.6 Å². The minimum Gasteiger partial charge on any atom is -0.368 e. The van der Waals surface area contributed by atoms with Crippen LogP contribution in [-0.4, -0.2) is 28.5 Å². The smallest absolute Gasteiger partial charge is 0.237 e. The van der Waals surface area contributed by atoms with Crippen molar-refractivity contribution in [1.82, 2.24) is 9.97 Å². The molecule has 0 spiro atoms. The van der Waals surface area contributed by atoms with Crippen molar-refractivity contribution in [3.8, 4) is 0 Å². The molecule has 1 heterocycles. The van der Waals surface area contributed by atoms with Crippen molar-refractivity contribution < 1.29 is 4.79 Å². The predicted octanol–water partition coefficient (Wildman–Crippen LogP) is 0.225. The number of hydrogen-bond donors (Lipinski definition) is 3. The van der Waals surface area contributed by atoms with Crippen molar-refractivity contribution >= 4 is 33.5 Å². The standard InChI is InChI=1S/C9H15BrN6O/c1-5(2)16(3-6(11)17)9-7(10)8(15-12)13-4-14-9/h4-5H,3,12H2,1-2H3,(H2,11,17)(H,13,14,15). The average Bonchev–Trinajstić information content (AvgIpc) is 2.26. The molecule has 0 bridgehead atoms. The van der Waals surface area contributed by atoms with Crippen LogP contribution in [0, 0.1) is 0 Å². The number of hydrogen-bond acceptors (Lipinski definition) is 6. The molecule has 0 aromatic carbocycles. The highest BCUT2D eigenvalue weighted by molar-refractivity contribution is 9.10. The minimum absolute atomic E-state index is 0.0688. The van der Waals surface area contributed by atoms with E-state index < -0.39 is 5.91 Å². The van der Waals surface area contributed by atoms with E-state index in [4.69, 9.17) is 11.6 Å². The molecule has 17 heavy (non-hydrogen) atoms. The van der Waals surface area contributed by atoms with E-state index in [0.29, 0.717) is 16.1 Å². The van der Waals surface area contributed by atoms with E-state index in [9.17, 15) is 4.79 Å². The zero-order chi connectivity index (χ0) is 13.0. The molecule has 94 valence electrons. The zero-order valence-corrected chi connectivity index (χ0v) is 11.2. The van der Waals surface area contributed by atoms with Crippen LogP contribution in [0.2, 0.25) is 0 Å². The number of carbonyl (C=O) groups excluding carboxylic acids is 1. The number of primary amides is 1. The molecule has 1 rings (SSSR count). The molecule has 8 heteroatoms. The van der Waals surface area contributed by atoms with Gasteiger partial charge in [-0.25, -0.2) is 15.8 Å². The maximum atomic E-state index is 11.0. The maximum absolute atomic E-state index is 11.0. The van der Waals surface area contributed by atoms with Crippen molar-refractivity contribution in [2.24, 2.45) is 11.6 Å². The van der Waals surface area contributed by atoms with Gasteiger partial charge >= 0.3 is 0 Å². The molecule has 5 N–H and O–H groups in total. The minimum atomic E-state index is -0.425. The summed E-state index contributed by atoms with van der Waals surface area (Å²) in [6.07, 6.45) is 1.37. The lowest BCUT2D eigenvalue weighted by atomic mass is 10.3. The highest BCUT2D eigenvalue weighted by Crippen LogP contribution is 2.29. The van der Waals surface area contributed by atoms with Gasteiger partial charge in [0.1, 0.15) is 16.6 Å². The number of nitrogens with two attached hydrogens (primary N) is 2. The van der Waals surface area contributed by atoms with Gasteiger partial charge < -0.3 is 16.1 Å². The van der Waals surface area contributed by atoms with Crippen molar-refractivity contribution in [2.45, 2.75) is 19.9 Å². The van der Waals surface area contributed by atoms with E-state index in [1.54, 1.807) is 4.90 Å². The Hall–Kier alpha value is -1.41. The summed E-state index contributed by atoms with van der Waals surface area (Å²) in [6, 6.07) is 0.0688. The first-order valence-electron chi connectivity index (χ1n) is 4.99. The normalized spacial score (nSPS) is 10.4. The van der Waals surface area contributed by atoms with Gasteiger partial charge in [-0.3, -0.25) is 4.79 Å².